The molecule has 3 rings (SSSR count). The monoisotopic (exact) mass is 443 g/mol. The Morgan fingerprint density at radius 3 is 2.23 bits per heavy atom. The van der Waals surface area contributed by atoms with Gasteiger partial charge in [-0.2, -0.15) is 0 Å². The van der Waals surface area contributed by atoms with Crippen LogP contribution < -0.4 is 5.32 Å². The smallest absolute Gasteiger partial charge is 0.328 e. The van der Waals surface area contributed by atoms with Crippen LogP contribution in [0.2, 0.25) is 0 Å². The Labute approximate surface area is 179 Å². The fourth-order valence-electron chi connectivity index (χ4n) is 2.57. The van der Waals surface area contributed by atoms with Gasteiger partial charge in [0.1, 0.15) is 4.90 Å². The third-order valence-electron chi connectivity index (χ3n) is 3.85. The number of aromatic nitrogens is 2. The minimum Gasteiger partial charge on any atom is -0.478 e. The second-order valence-electron chi connectivity index (χ2n) is 6.13. The Bertz CT molecular complexity index is 1140. The van der Waals surface area contributed by atoms with Crippen LogP contribution in [0.4, 0.5) is 0 Å². The molecule has 10 heteroatoms. The molecule has 0 amide bonds. The van der Waals surface area contributed by atoms with Crippen LogP contribution in [0.15, 0.2) is 84.2 Å². The molecule has 0 unspecified atom stereocenters. The maximum Gasteiger partial charge on any atom is 0.328 e. The lowest BCUT2D eigenvalue weighted by Gasteiger charge is -2.10. The highest BCUT2D eigenvalue weighted by Crippen LogP contribution is 2.26. The molecular weight excluding hydrogens is 422 g/mol. The molecule has 2 aromatic heterocycles. The van der Waals surface area contributed by atoms with Crippen molar-refractivity contribution in [1.82, 2.24) is 14.3 Å². The lowest BCUT2D eigenvalue weighted by atomic mass is 10.1. The zero-order valence-corrected chi connectivity index (χ0v) is 17.4. The molecule has 0 aliphatic heterocycles. The highest BCUT2D eigenvalue weighted by atomic mass is 32.2. The zero-order valence-electron chi connectivity index (χ0n) is 16.5. The molecule has 0 bridgehead atoms. The fraction of sp³-hybridized carbons (Fsp3) is 0.0952. The quantitative estimate of drug-likeness (QED) is 0.473. The van der Waals surface area contributed by atoms with E-state index in [0.717, 1.165) is 11.1 Å². The minimum atomic E-state index is -3.69. The molecule has 0 radical (unpaired) electrons. The molecule has 0 saturated carbocycles. The van der Waals surface area contributed by atoms with Crippen LogP contribution in [-0.4, -0.2) is 46.6 Å². The van der Waals surface area contributed by atoms with Crippen molar-refractivity contribution in [2.75, 3.05) is 7.05 Å². The highest BCUT2D eigenvalue weighted by molar-refractivity contribution is 7.90. The molecule has 0 aliphatic rings. The van der Waals surface area contributed by atoms with Crippen molar-refractivity contribution < 1.29 is 28.2 Å². The van der Waals surface area contributed by atoms with Crippen LogP contribution in [0, 0.1) is 0 Å². The standard InChI is InChI=1S/C17H17N3O2S.C4H4O4/c1-18-11-14-10-17(15-6-3-2-4-7-15)20(13-14)23(21,22)16-8-5-9-19-12-16;5-3(6)1-2-4(7)8/h2-10,12-13,18H,11H2,1H3;1-2H,(H,5,6)(H,7,8). The second kappa shape index (κ2) is 10.9. The first kappa shape index (κ1) is 23.5. The van der Waals surface area contributed by atoms with Crippen molar-refractivity contribution in [3.8, 4) is 11.3 Å². The molecule has 162 valence electrons. The molecule has 31 heavy (non-hydrogen) atoms. The molecule has 9 nitrogen and oxygen atoms in total. The number of nitrogens with zero attached hydrogens (tertiary/aromatic N) is 2. The topological polar surface area (TPSA) is 139 Å². The summed E-state index contributed by atoms with van der Waals surface area (Å²) in [4.78, 5) is 23.2. The van der Waals surface area contributed by atoms with E-state index in [9.17, 15) is 18.0 Å². The number of carboxylic acids is 2. The number of aliphatic carboxylic acids is 2. The van der Waals surface area contributed by atoms with Crippen molar-refractivity contribution in [3.05, 3.63) is 84.8 Å². The Kier molecular flexibility index (Phi) is 8.24. The summed E-state index contributed by atoms with van der Waals surface area (Å²) in [5.41, 5.74) is 2.39. The predicted molar refractivity (Wildman–Crippen MR) is 114 cm³/mol. The van der Waals surface area contributed by atoms with E-state index in [2.05, 4.69) is 10.3 Å². The van der Waals surface area contributed by atoms with Crippen molar-refractivity contribution >= 4 is 22.0 Å². The van der Waals surface area contributed by atoms with Gasteiger partial charge in [0.25, 0.3) is 10.0 Å². The number of hydrogen-bond donors (Lipinski definition) is 3. The summed E-state index contributed by atoms with van der Waals surface area (Å²) in [5.74, 6) is -2.51. The van der Waals surface area contributed by atoms with Gasteiger partial charge in [-0.15, -0.1) is 0 Å². The largest absolute Gasteiger partial charge is 0.478 e. The number of carbonyl (C=O) groups is 2. The summed E-state index contributed by atoms with van der Waals surface area (Å²) in [7, 11) is -1.86. The van der Waals surface area contributed by atoms with Crippen LogP contribution in [0.25, 0.3) is 11.3 Å². The van der Waals surface area contributed by atoms with E-state index < -0.39 is 22.0 Å². The first-order valence-electron chi connectivity index (χ1n) is 8.96. The van der Waals surface area contributed by atoms with E-state index >= 15 is 0 Å². The van der Waals surface area contributed by atoms with Crippen molar-refractivity contribution in [2.24, 2.45) is 0 Å². The van der Waals surface area contributed by atoms with Crippen LogP contribution in [-0.2, 0) is 26.2 Å². The van der Waals surface area contributed by atoms with Gasteiger partial charge in [0.2, 0.25) is 0 Å². The van der Waals surface area contributed by atoms with E-state index in [1.54, 1.807) is 24.5 Å². The van der Waals surface area contributed by atoms with Crippen molar-refractivity contribution in [3.63, 3.8) is 0 Å². The summed E-state index contributed by atoms with van der Waals surface area (Å²) < 4.78 is 27.2. The fourth-order valence-corrected chi connectivity index (χ4v) is 3.93. The van der Waals surface area contributed by atoms with E-state index in [1.807, 2.05) is 43.4 Å². The van der Waals surface area contributed by atoms with Crippen LogP contribution in [0.1, 0.15) is 5.56 Å². The van der Waals surface area contributed by atoms with Crippen LogP contribution >= 0.6 is 0 Å². The van der Waals surface area contributed by atoms with E-state index in [0.29, 0.717) is 24.4 Å². The molecular formula is C21H21N3O6S. The average molecular weight is 443 g/mol. The Morgan fingerprint density at radius 2 is 1.71 bits per heavy atom. The molecule has 1 aromatic carbocycles. The minimum absolute atomic E-state index is 0.170. The van der Waals surface area contributed by atoms with E-state index in [4.69, 9.17) is 10.2 Å². The molecule has 0 atom stereocenters. The number of pyridine rings is 1. The zero-order chi connectivity index (χ0) is 22.9. The summed E-state index contributed by atoms with van der Waals surface area (Å²) in [6.07, 6.45) is 5.69. The Hall–Kier alpha value is -3.76. The lowest BCUT2D eigenvalue weighted by molar-refractivity contribution is -0.134. The Morgan fingerprint density at radius 1 is 1.06 bits per heavy atom. The Balaban J connectivity index is 0.000000366. The summed E-state index contributed by atoms with van der Waals surface area (Å²) >= 11 is 0. The van der Waals surface area contributed by atoms with Gasteiger partial charge in [0.15, 0.2) is 0 Å². The predicted octanol–water partition coefficient (Wildman–Crippen LogP) is 2.22. The number of benzene rings is 1. The normalized spacial score (nSPS) is 11.0. The number of carboxylic acid groups (broad SMARTS) is 2. The molecule has 0 fully saturated rings. The van der Waals surface area contributed by atoms with Gasteiger partial charge in [-0.05, 0) is 36.4 Å². The van der Waals surface area contributed by atoms with Crippen LogP contribution in [0.3, 0.4) is 0 Å². The molecule has 0 saturated heterocycles. The maximum atomic E-state index is 12.9. The van der Waals surface area contributed by atoms with Gasteiger partial charge < -0.3 is 15.5 Å². The van der Waals surface area contributed by atoms with Gasteiger partial charge in [-0.1, -0.05) is 30.3 Å². The van der Waals surface area contributed by atoms with Gasteiger partial charge >= 0.3 is 11.9 Å². The van der Waals surface area contributed by atoms with E-state index in [1.165, 1.54) is 10.2 Å². The van der Waals surface area contributed by atoms with Crippen LogP contribution in [0.5, 0.6) is 0 Å². The summed E-state index contributed by atoms with van der Waals surface area (Å²) in [6.45, 7) is 0.593. The maximum absolute atomic E-state index is 12.9. The third-order valence-corrected chi connectivity index (χ3v) is 5.51. The van der Waals surface area contributed by atoms with Crippen molar-refractivity contribution in [1.29, 1.82) is 0 Å². The highest BCUT2D eigenvalue weighted by Gasteiger charge is 2.21. The number of rotatable bonds is 7. The molecule has 0 spiro atoms. The molecule has 2 heterocycles. The number of nitrogens with one attached hydrogen (secondary N) is 1. The first-order chi connectivity index (χ1) is 14.8. The molecule has 0 aliphatic carbocycles. The third kappa shape index (κ3) is 6.63. The van der Waals surface area contributed by atoms with Gasteiger partial charge in [-0.3, -0.25) is 4.98 Å². The second-order valence-corrected chi connectivity index (χ2v) is 7.94. The first-order valence-corrected chi connectivity index (χ1v) is 10.4. The lowest BCUT2D eigenvalue weighted by Crippen LogP contribution is -2.13. The molecule has 3 aromatic rings. The van der Waals surface area contributed by atoms with Gasteiger partial charge in [0.05, 0.1) is 5.69 Å². The average Bonchev–Trinajstić information content (AvgIpc) is 3.19. The molecule has 3 N–H and O–H groups in total. The van der Waals surface area contributed by atoms with Crippen molar-refractivity contribution in [2.45, 2.75) is 11.4 Å². The SMILES string of the molecule is CNCc1cc(-c2ccccc2)n(S(=O)(=O)c2cccnc2)c1.O=C(O)C=CC(=O)O. The van der Waals surface area contributed by atoms with Gasteiger partial charge in [0, 0.05) is 37.3 Å². The summed E-state index contributed by atoms with van der Waals surface area (Å²) in [6, 6.07) is 14.5. The summed E-state index contributed by atoms with van der Waals surface area (Å²) in [5, 5.41) is 18.7. The van der Waals surface area contributed by atoms with E-state index in [-0.39, 0.29) is 4.90 Å². The number of hydrogen-bond acceptors (Lipinski definition) is 6. The van der Waals surface area contributed by atoms with Gasteiger partial charge in [-0.25, -0.2) is 22.0 Å².